The van der Waals surface area contributed by atoms with E-state index >= 15 is 0 Å². The minimum atomic E-state index is 0.722. The van der Waals surface area contributed by atoms with Crippen LogP contribution in [-0.2, 0) is 19.6 Å². The van der Waals surface area contributed by atoms with Crippen molar-refractivity contribution in [1.82, 2.24) is 14.3 Å². The lowest BCUT2D eigenvalue weighted by atomic mass is 9.99. The third-order valence-corrected chi connectivity index (χ3v) is 5.78. The Morgan fingerprint density at radius 1 is 1.11 bits per heavy atom. The van der Waals surface area contributed by atoms with E-state index in [9.17, 15) is 0 Å². The third kappa shape index (κ3) is 3.43. The fourth-order valence-electron chi connectivity index (χ4n) is 3.82. The zero-order valence-electron chi connectivity index (χ0n) is 16.4. The number of aromatic nitrogens is 3. The van der Waals surface area contributed by atoms with Gasteiger partial charge in [-0.15, -0.1) is 0 Å². The molecule has 1 aliphatic rings. The van der Waals surface area contributed by atoms with Crippen LogP contribution in [0.3, 0.4) is 0 Å². The van der Waals surface area contributed by atoms with Gasteiger partial charge in [-0.1, -0.05) is 18.2 Å². The molecule has 2 heterocycles. The second kappa shape index (κ2) is 7.77. The molecule has 1 aliphatic heterocycles. The molecule has 0 saturated carbocycles. The Kier molecular flexibility index (Phi) is 5.19. The zero-order valence-corrected chi connectivity index (χ0v) is 17.3. The molecule has 2 aromatic carbocycles. The van der Waals surface area contributed by atoms with Crippen molar-refractivity contribution in [2.45, 2.75) is 26.6 Å². The predicted molar refractivity (Wildman–Crippen MR) is 110 cm³/mol. The molecule has 0 fully saturated rings. The molecule has 0 amide bonds. The lowest BCUT2D eigenvalue weighted by molar-refractivity contribution is -0.939. The van der Waals surface area contributed by atoms with Crippen LogP contribution in [0.5, 0.6) is 11.5 Å². The van der Waals surface area contributed by atoms with Gasteiger partial charge in [-0.3, -0.25) is 4.57 Å². The fraction of sp³-hybridized carbons (Fsp3) is 0.333. The minimum absolute atomic E-state index is 0.722. The molecule has 1 N–H and O–H groups in total. The topological polar surface area (TPSA) is 45.6 Å². The van der Waals surface area contributed by atoms with E-state index in [0.29, 0.717) is 0 Å². The molecule has 1 atom stereocenters. The molecule has 4 rings (SSSR count). The highest BCUT2D eigenvalue weighted by atomic mass is 32.1. The number of ether oxygens (including phenoxy) is 2. The minimum Gasteiger partial charge on any atom is -0.493 e. The maximum Gasteiger partial charge on any atom is 0.207 e. The second-order valence-electron chi connectivity index (χ2n) is 7.13. The second-order valence-corrected chi connectivity index (χ2v) is 7.50. The van der Waals surface area contributed by atoms with Crippen LogP contribution >= 0.6 is 12.2 Å². The first-order chi connectivity index (χ1) is 13.6. The number of quaternary nitrogens is 1. The number of nitrogens with zero attached hydrogens (tertiary/aromatic N) is 3. The molecule has 146 valence electrons. The van der Waals surface area contributed by atoms with Gasteiger partial charge in [0.1, 0.15) is 12.9 Å². The number of methoxy groups -OCH3 is 2. The summed E-state index contributed by atoms with van der Waals surface area (Å²) in [5.41, 5.74) is 4.88. The average molecular weight is 398 g/mol. The number of nitrogens with one attached hydrogen (secondary N) is 1. The standard InChI is InChI=1S/C21H24N4O2S/c1-15-6-4-5-7-18(15)24-13-22-25(21(24)28)14-23-9-8-16-10-19(26-2)20(27-3)11-17(16)12-23/h4-7,10-11,13H,8-9,12,14H2,1-3H3/p+1. The van der Waals surface area contributed by atoms with Crippen molar-refractivity contribution in [3.05, 3.63) is 64.2 Å². The Morgan fingerprint density at radius 3 is 2.54 bits per heavy atom. The van der Waals surface area contributed by atoms with Gasteiger partial charge in [0, 0.05) is 12.0 Å². The van der Waals surface area contributed by atoms with E-state index in [1.165, 1.54) is 21.6 Å². The van der Waals surface area contributed by atoms with E-state index in [1.54, 1.807) is 14.2 Å². The third-order valence-electron chi connectivity index (χ3n) is 5.38. The predicted octanol–water partition coefficient (Wildman–Crippen LogP) is 2.33. The van der Waals surface area contributed by atoms with Crippen molar-refractivity contribution in [1.29, 1.82) is 0 Å². The van der Waals surface area contributed by atoms with Gasteiger partial charge in [0.15, 0.2) is 18.2 Å². The van der Waals surface area contributed by atoms with Crippen LogP contribution in [0.25, 0.3) is 5.69 Å². The fourth-order valence-corrected chi connectivity index (χ4v) is 4.08. The van der Waals surface area contributed by atoms with Gasteiger partial charge in [-0.2, -0.15) is 9.78 Å². The molecule has 0 aliphatic carbocycles. The molecule has 3 aromatic rings. The molecular formula is C21H25N4O2S+. The lowest BCUT2D eigenvalue weighted by Crippen LogP contribution is -3.11. The van der Waals surface area contributed by atoms with E-state index in [0.717, 1.165) is 48.1 Å². The lowest BCUT2D eigenvalue weighted by Gasteiger charge is -2.26. The Labute approximate surface area is 169 Å². The van der Waals surface area contributed by atoms with Crippen LogP contribution in [-0.4, -0.2) is 35.1 Å². The Hall–Kier alpha value is -2.64. The molecule has 0 saturated heterocycles. The van der Waals surface area contributed by atoms with Gasteiger partial charge in [-0.25, -0.2) is 0 Å². The van der Waals surface area contributed by atoms with Gasteiger partial charge < -0.3 is 14.4 Å². The molecule has 0 spiro atoms. The van der Waals surface area contributed by atoms with Crippen molar-refractivity contribution in [2.24, 2.45) is 0 Å². The van der Waals surface area contributed by atoms with Crippen molar-refractivity contribution in [2.75, 3.05) is 20.8 Å². The van der Waals surface area contributed by atoms with Crippen LogP contribution in [0.15, 0.2) is 42.7 Å². The number of para-hydroxylation sites is 1. The zero-order chi connectivity index (χ0) is 19.7. The summed E-state index contributed by atoms with van der Waals surface area (Å²) in [6.45, 7) is 4.77. The number of hydrogen-bond donors (Lipinski definition) is 1. The van der Waals surface area contributed by atoms with Crippen molar-refractivity contribution in [3.8, 4) is 17.2 Å². The van der Waals surface area contributed by atoms with E-state index in [-0.39, 0.29) is 0 Å². The number of rotatable bonds is 5. The van der Waals surface area contributed by atoms with Crippen molar-refractivity contribution < 1.29 is 14.4 Å². The van der Waals surface area contributed by atoms with Crippen LogP contribution in [0.1, 0.15) is 16.7 Å². The highest BCUT2D eigenvalue weighted by Gasteiger charge is 2.23. The molecule has 1 aromatic heterocycles. The van der Waals surface area contributed by atoms with Crippen LogP contribution in [0, 0.1) is 11.7 Å². The van der Waals surface area contributed by atoms with E-state index in [4.69, 9.17) is 21.7 Å². The summed E-state index contributed by atoms with van der Waals surface area (Å²) in [6.07, 6.45) is 2.81. The Bertz CT molecular complexity index is 1060. The van der Waals surface area contributed by atoms with Gasteiger partial charge in [0.25, 0.3) is 0 Å². The quantitative estimate of drug-likeness (QED) is 0.672. The SMILES string of the molecule is COc1cc2c(cc1OC)C[NH+](Cn1ncn(-c3ccccc3C)c1=S)CC2. The Balaban J connectivity index is 1.56. The summed E-state index contributed by atoms with van der Waals surface area (Å²) < 4.78 is 15.5. The number of hydrogen-bond acceptors (Lipinski definition) is 4. The first kappa shape index (κ1) is 18.7. The molecular weight excluding hydrogens is 372 g/mol. The summed E-state index contributed by atoms with van der Waals surface area (Å²) in [5, 5.41) is 4.55. The molecule has 6 nitrogen and oxygen atoms in total. The largest absolute Gasteiger partial charge is 0.493 e. The normalized spacial score (nSPS) is 15.9. The van der Waals surface area contributed by atoms with Crippen molar-refractivity contribution in [3.63, 3.8) is 0 Å². The van der Waals surface area contributed by atoms with Gasteiger partial charge in [0.05, 0.1) is 26.5 Å². The summed E-state index contributed by atoms with van der Waals surface area (Å²) in [7, 11) is 3.35. The van der Waals surface area contributed by atoms with Crippen molar-refractivity contribution >= 4 is 12.2 Å². The average Bonchev–Trinajstić information content (AvgIpc) is 3.07. The van der Waals surface area contributed by atoms with Gasteiger partial charge in [0.2, 0.25) is 4.77 Å². The molecule has 0 radical (unpaired) electrons. The summed E-state index contributed by atoms with van der Waals surface area (Å²) in [4.78, 5) is 1.42. The van der Waals surface area contributed by atoms with Gasteiger partial charge in [-0.05, 0) is 48.5 Å². The smallest absolute Gasteiger partial charge is 0.207 e. The highest BCUT2D eigenvalue weighted by molar-refractivity contribution is 7.71. The Morgan fingerprint density at radius 2 is 1.82 bits per heavy atom. The number of fused-ring (bicyclic) bond motifs is 1. The molecule has 1 unspecified atom stereocenters. The van der Waals surface area contributed by atoms with Crippen LogP contribution in [0.2, 0.25) is 0 Å². The number of benzene rings is 2. The van der Waals surface area contributed by atoms with E-state index < -0.39 is 0 Å². The summed E-state index contributed by atoms with van der Waals surface area (Å²) in [5.74, 6) is 1.58. The monoisotopic (exact) mass is 397 g/mol. The summed E-state index contributed by atoms with van der Waals surface area (Å²) in [6, 6.07) is 12.4. The first-order valence-electron chi connectivity index (χ1n) is 9.38. The van der Waals surface area contributed by atoms with E-state index in [1.807, 2.05) is 27.7 Å². The highest BCUT2D eigenvalue weighted by Crippen LogP contribution is 2.31. The maximum atomic E-state index is 5.70. The van der Waals surface area contributed by atoms with Crippen LogP contribution in [0.4, 0.5) is 0 Å². The molecule has 0 bridgehead atoms. The van der Waals surface area contributed by atoms with Gasteiger partial charge >= 0.3 is 0 Å². The number of aryl methyl sites for hydroxylation is 1. The summed E-state index contributed by atoms with van der Waals surface area (Å²) >= 11 is 5.70. The molecule has 28 heavy (non-hydrogen) atoms. The van der Waals surface area contributed by atoms with E-state index in [2.05, 4.69) is 36.3 Å². The maximum absolute atomic E-state index is 5.70. The van der Waals surface area contributed by atoms with Crippen LogP contribution < -0.4 is 14.4 Å². The molecule has 7 heteroatoms. The first-order valence-corrected chi connectivity index (χ1v) is 9.79.